The Morgan fingerprint density at radius 2 is 1.76 bits per heavy atom. The normalized spacial score (nSPS) is 19.4. The quantitative estimate of drug-likeness (QED) is 0.913. The van der Waals surface area contributed by atoms with Crippen molar-refractivity contribution in [3.63, 3.8) is 0 Å². The molecule has 1 atom stereocenters. The van der Waals surface area contributed by atoms with Crippen molar-refractivity contribution in [3.05, 3.63) is 35.4 Å². The molecule has 136 valence electrons. The Morgan fingerprint density at radius 3 is 2.44 bits per heavy atom. The van der Waals surface area contributed by atoms with Gasteiger partial charge in [0.2, 0.25) is 11.8 Å². The highest BCUT2D eigenvalue weighted by Gasteiger charge is 2.32. The maximum absolute atomic E-state index is 13.1. The van der Waals surface area contributed by atoms with Gasteiger partial charge < -0.3 is 10.2 Å². The van der Waals surface area contributed by atoms with Crippen LogP contribution in [-0.2, 0) is 22.6 Å². The third kappa shape index (κ3) is 4.23. The van der Waals surface area contributed by atoms with Gasteiger partial charge in [-0.15, -0.1) is 0 Å². The zero-order valence-electron chi connectivity index (χ0n) is 15.5. The molecule has 0 unspecified atom stereocenters. The van der Waals surface area contributed by atoms with Crippen LogP contribution < -0.4 is 5.32 Å². The second-order valence-corrected chi connectivity index (χ2v) is 7.84. The largest absolute Gasteiger partial charge is 0.344 e. The fourth-order valence-corrected chi connectivity index (χ4v) is 4.03. The number of rotatable bonds is 4. The Bertz CT molecular complexity index is 620. The third-order valence-electron chi connectivity index (χ3n) is 5.65. The number of amides is 2. The molecular formula is C21H30N2O2. The summed E-state index contributed by atoms with van der Waals surface area (Å²) >= 11 is 0. The molecule has 0 radical (unpaired) electrons. The van der Waals surface area contributed by atoms with Gasteiger partial charge in [-0.2, -0.15) is 0 Å². The van der Waals surface area contributed by atoms with Gasteiger partial charge in [-0.05, 0) is 36.3 Å². The lowest BCUT2D eigenvalue weighted by Gasteiger charge is -2.34. The first-order valence-electron chi connectivity index (χ1n) is 9.72. The minimum atomic E-state index is -0.417. The van der Waals surface area contributed by atoms with Gasteiger partial charge in [0.15, 0.2) is 0 Å². The van der Waals surface area contributed by atoms with Gasteiger partial charge >= 0.3 is 0 Å². The van der Waals surface area contributed by atoms with Gasteiger partial charge in [0.05, 0.1) is 0 Å². The van der Waals surface area contributed by atoms with Crippen LogP contribution in [0.15, 0.2) is 24.3 Å². The summed E-state index contributed by atoms with van der Waals surface area (Å²) in [5, 5.41) is 3.08. The summed E-state index contributed by atoms with van der Waals surface area (Å²) in [5.74, 6) is 0.319. The fraction of sp³-hybridized carbons (Fsp3) is 0.619. The van der Waals surface area contributed by atoms with E-state index >= 15 is 0 Å². The Balaban J connectivity index is 1.66. The summed E-state index contributed by atoms with van der Waals surface area (Å²) in [6.07, 6.45) is 6.29. The van der Waals surface area contributed by atoms with Crippen LogP contribution >= 0.6 is 0 Å². The Kier molecular flexibility index (Phi) is 5.77. The number of hydrogen-bond donors (Lipinski definition) is 1. The second-order valence-electron chi connectivity index (χ2n) is 7.84. The van der Waals surface area contributed by atoms with Crippen LogP contribution in [0, 0.1) is 11.8 Å². The van der Waals surface area contributed by atoms with Crippen LogP contribution in [0.4, 0.5) is 0 Å². The zero-order chi connectivity index (χ0) is 17.8. The van der Waals surface area contributed by atoms with E-state index in [-0.39, 0.29) is 23.7 Å². The fourth-order valence-electron chi connectivity index (χ4n) is 4.03. The van der Waals surface area contributed by atoms with E-state index < -0.39 is 6.04 Å². The topological polar surface area (TPSA) is 49.4 Å². The number of fused-ring (bicyclic) bond motifs is 1. The summed E-state index contributed by atoms with van der Waals surface area (Å²) in [6.45, 7) is 5.42. The van der Waals surface area contributed by atoms with Gasteiger partial charge in [0.25, 0.3) is 0 Å². The second kappa shape index (κ2) is 8.03. The molecule has 2 amide bonds. The van der Waals surface area contributed by atoms with Crippen LogP contribution in [0.2, 0.25) is 0 Å². The maximum atomic E-state index is 13.1. The van der Waals surface area contributed by atoms with Crippen LogP contribution in [0.5, 0.6) is 0 Å². The number of hydrogen-bond acceptors (Lipinski definition) is 2. The molecule has 1 aromatic rings. The lowest BCUT2D eigenvalue weighted by Crippen LogP contribution is -2.53. The molecule has 0 bridgehead atoms. The van der Waals surface area contributed by atoms with Gasteiger partial charge in [-0.25, -0.2) is 0 Å². The molecule has 25 heavy (non-hydrogen) atoms. The predicted molar refractivity (Wildman–Crippen MR) is 98.9 cm³/mol. The summed E-state index contributed by atoms with van der Waals surface area (Å²) in [6, 6.07) is 7.90. The number of carbonyl (C=O) groups excluding carboxylic acids is 2. The highest BCUT2D eigenvalue weighted by atomic mass is 16.2. The van der Waals surface area contributed by atoms with Crippen molar-refractivity contribution in [2.45, 2.75) is 65.0 Å². The lowest BCUT2D eigenvalue weighted by atomic mass is 9.88. The highest BCUT2D eigenvalue weighted by molar-refractivity contribution is 5.89. The van der Waals surface area contributed by atoms with E-state index in [0.29, 0.717) is 6.54 Å². The predicted octanol–water partition coefficient (Wildman–Crippen LogP) is 3.29. The van der Waals surface area contributed by atoms with E-state index in [1.54, 1.807) is 0 Å². The van der Waals surface area contributed by atoms with E-state index in [4.69, 9.17) is 0 Å². The molecule has 1 aliphatic heterocycles. The van der Waals surface area contributed by atoms with Gasteiger partial charge in [-0.1, -0.05) is 57.4 Å². The van der Waals surface area contributed by atoms with Crippen LogP contribution in [0.3, 0.4) is 0 Å². The standard InChI is InChI=1S/C21H30N2O2/c1-15(2)19(22-20(24)17-9-4-3-5-10-17)21(25)23-13-12-16-8-6-7-11-18(16)14-23/h6-8,11,15,17,19H,3-5,9-10,12-14H2,1-2H3,(H,22,24)/t19-/m0/s1. The number of carbonyl (C=O) groups is 2. The molecule has 1 aliphatic carbocycles. The molecular weight excluding hydrogens is 312 g/mol. The molecule has 2 aliphatic rings. The van der Waals surface area contributed by atoms with Crippen molar-refractivity contribution in [1.29, 1.82) is 0 Å². The Labute approximate surface area is 151 Å². The smallest absolute Gasteiger partial charge is 0.245 e. The summed E-state index contributed by atoms with van der Waals surface area (Å²) < 4.78 is 0. The monoisotopic (exact) mass is 342 g/mol. The molecule has 1 heterocycles. The molecule has 4 heteroatoms. The first-order valence-corrected chi connectivity index (χ1v) is 9.72. The minimum Gasteiger partial charge on any atom is -0.344 e. The van der Waals surface area contributed by atoms with Crippen molar-refractivity contribution >= 4 is 11.8 Å². The minimum absolute atomic E-state index is 0.0636. The van der Waals surface area contributed by atoms with Gasteiger partial charge in [0.1, 0.15) is 6.04 Å². The van der Waals surface area contributed by atoms with Gasteiger partial charge in [0, 0.05) is 19.0 Å². The molecule has 3 rings (SSSR count). The van der Waals surface area contributed by atoms with Crippen molar-refractivity contribution in [2.75, 3.05) is 6.54 Å². The van der Waals surface area contributed by atoms with E-state index in [9.17, 15) is 9.59 Å². The molecule has 0 aromatic heterocycles. The SMILES string of the molecule is CC(C)[C@H](NC(=O)C1CCCCC1)C(=O)N1CCc2ccccc2C1. The average molecular weight is 342 g/mol. The van der Waals surface area contributed by atoms with Crippen LogP contribution in [0.1, 0.15) is 57.1 Å². The van der Waals surface area contributed by atoms with E-state index in [0.717, 1.165) is 38.6 Å². The van der Waals surface area contributed by atoms with Crippen LogP contribution in [0.25, 0.3) is 0 Å². The molecule has 1 N–H and O–H groups in total. The number of nitrogens with zero attached hydrogens (tertiary/aromatic N) is 1. The van der Waals surface area contributed by atoms with Crippen molar-refractivity contribution in [2.24, 2.45) is 11.8 Å². The average Bonchev–Trinajstić information content (AvgIpc) is 2.65. The summed E-state index contributed by atoms with van der Waals surface area (Å²) in [5.41, 5.74) is 2.56. The first-order chi connectivity index (χ1) is 12.1. The van der Waals surface area contributed by atoms with Gasteiger partial charge in [-0.3, -0.25) is 9.59 Å². The van der Waals surface area contributed by atoms with Crippen molar-refractivity contribution in [3.8, 4) is 0 Å². The third-order valence-corrected chi connectivity index (χ3v) is 5.65. The lowest BCUT2D eigenvalue weighted by molar-refractivity contribution is -0.139. The molecule has 1 aromatic carbocycles. The Morgan fingerprint density at radius 1 is 1.08 bits per heavy atom. The van der Waals surface area contributed by atoms with E-state index in [1.165, 1.54) is 17.5 Å². The molecule has 1 saturated carbocycles. The zero-order valence-corrected chi connectivity index (χ0v) is 15.5. The first kappa shape index (κ1) is 18.0. The number of nitrogens with one attached hydrogen (secondary N) is 1. The van der Waals surface area contributed by atoms with E-state index in [1.807, 2.05) is 24.8 Å². The van der Waals surface area contributed by atoms with Crippen LogP contribution in [-0.4, -0.2) is 29.3 Å². The molecule has 1 fully saturated rings. The Hall–Kier alpha value is -1.84. The summed E-state index contributed by atoms with van der Waals surface area (Å²) in [4.78, 5) is 27.6. The maximum Gasteiger partial charge on any atom is 0.245 e. The van der Waals surface area contributed by atoms with Crippen molar-refractivity contribution < 1.29 is 9.59 Å². The number of benzene rings is 1. The molecule has 0 spiro atoms. The summed E-state index contributed by atoms with van der Waals surface area (Å²) in [7, 11) is 0. The molecule has 4 nitrogen and oxygen atoms in total. The highest BCUT2D eigenvalue weighted by Crippen LogP contribution is 2.25. The van der Waals surface area contributed by atoms with Crippen molar-refractivity contribution in [1.82, 2.24) is 10.2 Å². The van der Waals surface area contributed by atoms with E-state index in [2.05, 4.69) is 23.5 Å². The molecule has 0 saturated heterocycles.